The molecule has 1 amide bonds. The van der Waals surface area contributed by atoms with E-state index >= 15 is 0 Å². The number of carbonyl (C=O) groups excluding carboxylic acids is 1. The van der Waals surface area contributed by atoms with Crippen LogP contribution in [0.15, 0.2) is 24.3 Å². The summed E-state index contributed by atoms with van der Waals surface area (Å²) in [5.41, 5.74) is 1.14. The number of piperidine rings is 1. The predicted molar refractivity (Wildman–Crippen MR) is 80.4 cm³/mol. The number of carbonyl (C=O) groups is 1. The largest absolute Gasteiger partial charge is 0.484 e. The molecule has 0 aromatic heterocycles. The Hall–Kier alpha value is -1.55. The van der Waals surface area contributed by atoms with Crippen LogP contribution in [0.25, 0.3) is 0 Å². The summed E-state index contributed by atoms with van der Waals surface area (Å²) in [5, 5.41) is 0. The maximum Gasteiger partial charge on any atom is 0.261 e. The molecule has 4 nitrogen and oxygen atoms in total. The van der Waals surface area contributed by atoms with E-state index in [2.05, 4.69) is 0 Å². The monoisotopic (exact) mass is 289 g/mol. The summed E-state index contributed by atoms with van der Waals surface area (Å²) >= 11 is 0. The molecule has 0 spiro atoms. The molecule has 1 aromatic rings. The summed E-state index contributed by atoms with van der Waals surface area (Å²) in [6, 6.07) is 8.49. The van der Waals surface area contributed by atoms with Gasteiger partial charge in [-0.05, 0) is 50.3 Å². The Kier molecular flexibility index (Phi) is 4.15. The molecule has 1 aromatic carbocycles. The minimum atomic E-state index is 0.110. The smallest absolute Gasteiger partial charge is 0.261 e. The van der Waals surface area contributed by atoms with E-state index in [1.807, 2.05) is 36.1 Å². The number of methoxy groups -OCH3 is 1. The lowest BCUT2D eigenvalue weighted by Crippen LogP contribution is -2.50. The molecule has 114 valence electrons. The minimum absolute atomic E-state index is 0.110. The summed E-state index contributed by atoms with van der Waals surface area (Å²) in [6.45, 7) is 2.15. The third kappa shape index (κ3) is 3.05. The summed E-state index contributed by atoms with van der Waals surface area (Å²) in [4.78, 5) is 14.5. The Bertz CT molecular complexity index is 503. The molecule has 2 saturated heterocycles. The van der Waals surface area contributed by atoms with Gasteiger partial charge in [-0.15, -0.1) is 0 Å². The lowest BCUT2D eigenvalue weighted by Gasteiger charge is -2.38. The van der Waals surface area contributed by atoms with E-state index in [1.165, 1.54) is 0 Å². The van der Waals surface area contributed by atoms with Crippen molar-refractivity contribution in [3.05, 3.63) is 29.8 Å². The Balaban J connectivity index is 1.59. The van der Waals surface area contributed by atoms with Crippen molar-refractivity contribution in [2.75, 3.05) is 13.7 Å². The number of fused-ring (bicyclic) bond motifs is 2. The zero-order valence-electron chi connectivity index (χ0n) is 12.7. The fraction of sp³-hybridized carbons (Fsp3) is 0.588. The van der Waals surface area contributed by atoms with Crippen LogP contribution in [-0.2, 0) is 9.53 Å². The molecule has 1 unspecified atom stereocenters. The van der Waals surface area contributed by atoms with Gasteiger partial charge in [0.15, 0.2) is 6.61 Å². The average molecular weight is 289 g/mol. The first-order valence-corrected chi connectivity index (χ1v) is 7.71. The van der Waals surface area contributed by atoms with Crippen LogP contribution >= 0.6 is 0 Å². The van der Waals surface area contributed by atoms with Gasteiger partial charge in [-0.25, -0.2) is 0 Å². The molecular formula is C17H23NO3. The molecule has 21 heavy (non-hydrogen) atoms. The van der Waals surface area contributed by atoms with Crippen molar-refractivity contribution in [3.63, 3.8) is 0 Å². The molecule has 0 N–H and O–H groups in total. The van der Waals surface area contributed by atoms with Crippen LogP contribution in [0.1, 0.15) is 31.2 Å². The van der Waals surface area contributed by atoms with Crippen LogP contribution in [-0.4, -0.2) is 42.7 Å². The molecule has 3 rings (SSSR count). The zero-order valence-corrected chi connectivity index (χ0v) is 12.7. The van der Waals surface area contributed by atoms with Gasteiger partial charge in [0, 0.05) is 19.2 Å². The van der Waals surface area contributed by atoms with E-state index in [-0.39, 0.29) is 12.5 Å². The van der Waals surface area contributed by atoms with E-state index in [9.17, 15) is 4.79 Å². The Morgan fingerprint density at radius 3 is 2.62 bits per heavy atom. The van der Waals surface area contributed by atoms with Crippen LogP contribution in [0.3, 0.4) is 0 Å². The lowest BCUT2D eigenvalue weighted by atomic mass is 9.99. The van der Waals surface area contributed by atoms with Crippen molar-refractivity contribution < 1.29 is 14.3 Å². The Labute approximate surface area is 126 Å². The predicted octanol–water partition coefficient (Wildman–Crippen LogP) is 2.54. The maximum absolute atomic E-state index is 12.5. The molecule has 0 saturated carbocycles. The maximum atomic E-state index is 12.5. The van der Waals surface area contributed by atoms with Crippen LogP contribution in [0.2, 0.25) is 0 Å². The first kappa shape index (κ1) is 14.4. The molecule has 0 aliphatic carbocycles. The van der Waals surface area contributed by atoms with Gasteiger partial charge < -0.3 is 14.4 Å². The van der Waals surface area contributed by atoms with Gasteiger partial charge in [0.25, 0.3) is 5.91 Å². The second-order valence-corrected chi connectivity index (χ2v) is 6.12. The molecule has 0 radical (unpaired) electrons. The highest BCUT2D eigenvalue weighted by Crippen LogP contribution is 2.36. The standard InChI is InChI=1S/C17H23NO3/c1-12-4-3-5-15(8-12)21-11-17(19)18-13-6-7-14(18)10-16(9-13)20-2/h3-5,8,13-14,16H,6-7,9-11H2,1-2H3/t13-,14+,16?. The molecule has 2 aliphatic rings. The third-order valence-corrected chi connectivity index (χ3v) is 4.66. The first-order valence-electron chi connectivity index (χ1n) is 7.71. The SMILES string of the molecule is COC1C[C@H]2CC[C@@H](C1)N2C(=O)COc1cccc(C)c1. The first-order chi connectivity index (χ1) is 10.2. The van der Waals surface area contributed by atoms with Gasteiger partial charge in [0.05, 0.1) is 6.10 Å². The second kappa shape index (κ2) is 6.06. The fourth-order valence-corrected chi connectivity index (χ4v) is 3.65. The average Bonchev–Trinajstić information content (AvgIpc) is 2.75. The van der Waals surface area contributed by atoms with Gasteiger partial charge in [0.2, 0.25) is 0 Å². The van der Waals surface area contributed by atoms with E-state index in [0.29, 0.717) is 18.2 Å². The Morgan fingerprint density at radius 1 is 1.29 bits per heavy atom. The van der Waals surface area contributed by atoms with Crippen molar-refractivity contribution in [1.82, 2.24) is 4.90 Å². The number of aryl methyl sites for hydroxylation is 1. The molecule has 2 fully saturated rings. The Morgan fingerprint density at radius 2 is 2.00 bits per heavy atom. The van der Waals surface area contributed by atoms with Crippen LogP contribution in [0.4, 0.5) is 0 Å². The third-order valence-electron chi connectivity index (χ3n) is 4.66. The normalized spacial score (nSPS) is 27.7. The summed E-state index contributed by atoms with van der Waals surface area (Å²) in [6.07, 6.45) is 4.43. The summed E-state index contributed by atoms with van der Waals surface area (Å²) < 4.78 is 11.1. The fourth-order valence-electron chi connectivity index (χ4n) is 3.65. The topological polar surface area (TPSA) is 38.8 Å². The number of rotatable bonds is 4. The zero-order chi connectivity index (χ0) is 14.8. The summed E-state index contributed by atoms with van der Waals surface area (Å²) in [5.74, 6) is 0.876. The lowest BCUT2D eigenvalue weighted by molar-refractivity contribution is -0.140. The number of nitrogens with zero attached hydrogens (tertiary/aromatic N) is 1. The van der Waals surface area contributed by atoms with Crippen LogP contribution in [0.5, 0.6) is 5.75 Å². The van der Waals surface area contributed by atoms with Crippen molar-refractivity contribution >= 4 is 5.91 Å². The second-order valence-electron chi connectivity index (χ2n) is 6.12. The van der Waals surface area contributed by atoms with E-state index < -0.39 is 0 Å². The van der Waals surface area contributed by atoms with Gasteiger partial charge in [-0.2, -0.15) is 0 Å². The van der Waals surface area contributed by atoms with Crippen molar-refractivity contribution in [3.8, 4) is 5.75 Å². The van der Waals surface area contributed by atoms with E-state index in [4.69, 9.17) is 9.47 Å². The van der Waals surface area contributed by atoms with E-state index in [1.54, 1.807) is 7.11 Å². The number of ether oxygens (including phenoxy) is 2. The van der Waals surface area contributed by atoms with Gasteiger partial charge in [-0.3, -0.25) is 4.79 Å². The van der Waals surface area contributed by atoms with Crippen LogP contribution < -0.4 is 4.74 Å². The number of hydrogen-bond acceptors (Lipinski definition) is 3. The highest BCUT2D eigenvalue weighted by molar-refractivity contribution is 5.79. The van der Waals surface area contributed by atoms with Gasteiger partial charge in [-0.1, -0.05) is 12.1 Å². The molecule has 4 heteroatoms. The number of hydrogen-bond donors (Lipinski definition) is 0. The van der Waals surface area contributed by atoms with E-state index in [0.717, 1.165) is 37.0 Å². The molecule has 2 heterocycles. The molecule has 2 bridgehead atoms. The van der Waals surface area contributed by atoms with Gasteiger partial charge >= 0.3 is 0 Å². The summed E-state index contributed by atoms with van der Waals surface area (Å²) in [7, 11) is 1.77. The number of benzene rings is 1. The highest BCUT2D eigenvalue weighted by atomic mass is 16.5. The molecule has 2 aliphatic heterocycles. The number of amides is 1. The minimum Gasteiger partial charge on any atom is -0.484 e. The van der Waals surface area contributed by atoms with Crippen LogP contribution in [0, 0.1) is 6.92 Å². The molecular weight excluding hydrogens is 266 g/mol. The van der Waals surface area contributed by atoms with Crippen molar-refractivity contribution in [2.24, 2.45) is 0 Å². The highest BCUT2D eigenvalue weighted by Gasteiger charge is 2.43. The van der Waals surface area contributed by atoms with Gasteiger partial charge in [0.1, 0.15) is 5.75 Å². The molecule has 3 atom stereocenters. The van der Waals surface area contributed by atoms with Crippen molar-refractivity contribution in [1.29, 1.82) is 0 Å². The quantitative estimate of drug-likeness (QED) is 0.855. The van der Waals surface area contributed by atoms with Crippen molar-refractivity contribution in [2.45, 2.75) is 50.8 Å².